The number of anilines is 2. The SMILES string of the molecule is Oc1ccc(OCc2ccccc2)cc1.c1ccc(Nc2ccccc2)cc1. The van der Waals surface area contributed by atoms with Gasteiger partial charge in [-0.25, -0.2) is 0 Å². The molecule has 4 aromatic rings. The fraction of sp³-hybridized carbons (Fsp3) is 0.0400. The van der Waals surface area contributed by atoms with E-state index in [9.17, 15) is 0 Å². The summed E-state index contributed by atoms with van der Waals surface area (Å²) in [6, 6.07) is 37.0. The van der Waals surface area contributed by atoms with Crippen molar-refractivity contribution in [2.45, 2.75) is 6.61 Å². The molecule has 0 aromatic heterocycles. The molecule has 4 aromatic carbocycles. The summed E-state index contributed by atoms with van der Waals surface area (Å²) in [7, 11) is 0. The zero-order valence-corrected chi connectivity index (χ0v) is 15.5. The number of aromatic hydroxyl groups is 1. The molecule has 3 heteroatoms. The molecule has 0 radical (unpaired) electrons. The Morgan fingerprint density at radius 1 is 0.571 bits per heavy atom. The molecule has 0 aliphatic carbocycles. The van der Waals surface area contributed by atoms with Crippen molar-refractivity contribution < 1.29 is 9.84 Å². The number of benzene rings is 4. The maximum Gasteiger partial charge on any atom is 0.120 e. The van der Waals surface area contributed by atoms with Gasteiger partial charge in [0.2, 0.25) is 0 Å². The van der Waals surface area contributed by atoms with Gasteiger partial charge >= 0.3 is 0 Å². The lowest BCUT2D eigenvalue weighted by Gasteiger charge is -2.05. The summed E-state index contributed by atoms with van der Waals surface area (Å²) in [5, 5.41) is 12.4. The van der Waals surface area contributed by atoms with Gasteiger partial charge in [0, 0.05) is 11.4 Å². The van der Waals surface area contributed by atoms with Crippen LogP contribution in [0.4, 0.5) is 11.4 Å². The minimum atomic E-state index is 0.252. The van der Waals surface area contributed by atoms with E-state index < -0.39 is 0 Å². The van der Waals surface area contributed by atoms with Crippen LogP contribution in [-0.4, -0.2) is 5.11 Å². The number of phenolic OH excluding ortho intramolecular Hbond substituents is 1. The lowest BCUT2D eigenvalue weighted by atomic mass is 10.2. The van der Waals surface area contributed by atoms with E-state index in [2.05, 4.69) is 5.32 Å². The summed E-state index contributed by atoms with van der Waals surface area (Å²) in [6.45, 7) is 0.547. The Morgan fingerprint density at radius 3 is 1.54 bits per heavy atom. The number of rotatable bonds is 5. The van der Waals surface area contributed by atoms with Crippen molar-refractivity contribution in [1.29, 1.82) is 0 Å². The van der Waals surface area contributed by atoms with E-state index in [1.54, 1.807) is 24.3 Å². The van der Waals surface area contributed by atoms with E-state index in [1.807, 2.05) is 91.0 Å². The summed E-state index contributed by atoms with van der Waals surface area (Å²) in [5.74, 6) is 1.01. The zero-order chi connectivity index (χ0) is 19.4. The minimum Gasteiger partial charge on any atom is -0.508 e. The van der Waals surface area contributed by atoms with Crippen LogP contribution in [-0.2, 0) is 6.61 Å². The third kappa shape index (κ3) is 6.54. The molecular weight excluding hydrogens is 346 g/mol. The van der Waals surface area contributed by atoms with Gasteiger partial charge in [0.05, 0.1) is 0 Å². The summed E-state index contributed by atoms with van der Waals surface area (Å²) in [5.41, 5.74) is 3.37. The first-order valence-corrected chi connectivity index (χ1v) is 9.12. The van der Waals surface area contributed by atoms with E-state index >= 15 is 0 Å². The van der Waals surface area contributed by atoms with Gasteiger partial charge in [-0.05, 0) is 54.1 Å². The Labute approximate surface area is 165 Å². The van der Waals surface area contributed by atoms with Gasteiger partial charge < -0.3 is 15.2 Å². The normalized spacial score (nSPS) is 9.71. The quantitative estimate of drug-likeness (QED) is 0.427. The number of hydrogen-bond acceptors (Lipinski definition) is 3. The fourth-order valence-electron chi connectivity index (χ4n) is 2.49. The average Bonchev–Trinajstić information content (AvgIpc) is 2.76. The lowest BCUT2D eigenvalue weighted by Crippen LogP contribution is -1.94. The van der Waals surface area contributed by atoms with Crippen molar-refractivity contribution in [2.24, 2.45) is 0 Å². The van der Waals surface area contributed by atoms with Crippen molar-refractivity contribution in [3.8, 4) is 11.5 Å². The summed E-state index contributed by atoms with van der Waals surface area (Å²) >= 11 is 0. The molecule has 140 valence electrons. The van der Waals surface area contributed by atoms with Crippen LogP contribution in [0.5, 0.6) is 11.5 Å². The highest BCUT2D eigenvalue weighted by Gasteiger charge is 1.95. The van der Waals surface area contributed by atoms with Gasteiger partial charge in [-0.15, -0.1) is 0 Å². The number of hydrogen-bond donors (Lipinski definition) is 2. The summed E-state index contributed by atoms with van der Waals surface area (Å²) in [6.07, 6.45) is 0. The van der Waals surface area contributed by atoms with Crippen LogP contribution >= 0.6 is 0 Å². The Kier molecular flexibility index (Phi) is 7.10. The molecule has 0 amide bonds. The first-order valence-electron chi connectivity index (χ1n) is 9.12. The van der Waals surface area contributed by atoms with E-state index in [4.69, 9.17) is 9.84 Å². The third-order valence-electron chi connectivity index (χ3n) is 3.92. The molecule has 0 aliphatic heterocycles. The van der Waals surface area contributed by atoms with Crippen molar-refractivity contribution in [3.63, 3.8) is 0 Å². The van der Waals surface area contributed by atoms with Crippen LogP contribution in [0.3, 0.4) is 0 Å². The molecule has 0 aliphatic rings. The molecule has 2 N–H and O–H groups in total. The van der Waals surface area contributed by atoms with Gasteiger partial charge in [-0.3, -0.25) is 0 Å². The maximum atomic E-state index is 9.09. The highest BCUT2D eigenvalue weighted by atomic mass is 16.5. The summed E-state index contributed by atoms with van der Waals surface area (Å²) in [4.78, 5) is 0. The van der Waals surface area contributed by atoms with E-state index in [1.165, 1.54) is 0 Å². The number of nitrogens with one attached hydrogen (secondary N) is 1. The van der Waals surface area contributed by atoms with E-state index in [0.29, 0.717) is 6.61 Å². The van der Waals surface area contributed by atoms with Crippen molar-refractivity contribution >= 4 is 11.4 Å². The minimum absolute atomic E-state index is 0.252. The standard InChI is InChI=1S/C13H12O2.C12H11N/c14-12-6-8-13(9-7-12)15-10-11-4-2-1-3-5-11;1-3-7-11(8-4-1)13-12-9-5-2-6-10-12/h1-9,14H,10H2;1-10,13H. The first-order chi connectivity index (χ1) is 13.8. The molecule has 3 nitrogen and oxygen atoms in total. The monoisotopic (exact) mass is 369 g/mol. The third-order valence-corrected chi connectivity index (χ3v) is 3.92. The molecule has 0 spiro atoms. The molecule has 0 atom stereocenters. The number of ether oxygens (including phenoxy) is 1. The topological polar surface area (TPSA) is 41.5 Å². The van der Waals surface area contributed by atoms with Crippen molar-refractivity contribution in [3.05, 3.63) is 121 Å². The second kappa shape index (κ2) is 10.4. The Morgan fingerprint density at radius 2 is 1.04 bits per heavy atom. The molecule has 0 saturated heterocycles. The molecule has 0 bridgehead atoms. The largest absolute Gasteiger partial charge is 0.508 e. The van der Waals surface area contributed by atoms with Gasteiger partial charge in [-0.2, -0.15) is 0 Å². The van der Waals surface area contributed by atoms with Crippen LogP contribution in [0.2, 0.25) is 0 Å². The molecule has 28 heavy (non-hydrogen) atoms. The fourth-order valence-corrected chi connectivity index (χ4v) is 2.49. The van der Waals surface area contributed by atoms with Crippen LogP contribution in [0.25, 0.3) is 0 Å². The molecule has 0 heterocycles. The van der Waals surface area contributed by atoms with Crippen LogP contribution in [0.15, 0.2) is 115 Å². The molecule has 0 fully saturated rings. The lowest BCUT2D eigenvalue weighted by molar-refractivity contribution is 0.305. The van der Waals surface area contributed by atoms with Crippen LogP contribution in [0.1, 0.15) is 5.56 Å². The van der Waals surface area contributed by atoms with Gasteiger partial charge in [0.25, 0.3) is 0 Å². The molecule has 0 saturated carbocycles. The first kappa shape index (κ1) is 19.1. The Hall–Kier alpha value is -3.72. The van der Waals surface area contributed by atoms with Crippen molar-refractivity contribution in [1.82, 2.24) is 0 Å². The maximum absolute atomic E-state index is 9.09. The molecule has 0 unspecified atom stereocenters. The van der Waals surface area contributed by atoms with E-state index in [0.717, 1.165) is 22.7 Å². The number of para-hydroxylation sites is 2. The van der Waals surface area contributed by atoms with Gasteiger partial charge in [0.1, 0.15) is 18.1 Å². The van der Waals surface area contributed by atoms with E-state index in [-0.39, 0.29) is 5.75 Å². The molecular formula is C25H23NO2. The van der Waals surface area contributed by atoms with Gasteiger partial charge in [0.15, 0.2) is 0 Å². The highest BCUT2D eigenvalue weighted by molar-refractivity contribution is 5.58. The zero-order valence-electron chi connectivity index (χ0n) is 15.5. The second-order valence-corrected chi connectivity index (χ2v) is 6.13. The number of phenols is 1. The van der Waals surface area contributed by atoms with Crippen LogP contribution < -0.4 is 10.1 Å². The predicted octanol–water partition coefficient (Wildman–Crippen LogP) is 6.40. The van der Waals surface area contributed by atoms with Crippen molar-refractivity contribution in [2.75, 3.05) is 5.32 Å². The van der Waals surface area contributed by atoms with Gasteiger partial charge in [-0.1, -0.05) is 66.7 Å². The Balaban J connectivity index is 0.000000162. The van der Waals surface area contributed by atoms with Crippen LogP contribution in [0, 0.1) is 0 Å². The second-order valence-electron chi connectivity index (χ2n) is 6.13. The highest BCUT2D eigenvalue weighted by Crippen LogP contribution is 2.17. The predicted molar refractivity (Wildman–Crippen MR) is 115 cm³/mol. The molecule has 4 rings (SSSR count). The summed E-state index contributed by atoms with van der Waals surface area (Å²) < 4.78 is 5.54. The smallest absolute Gasteiger partial charge is 0.120 e. The average molecular weight is 369 g/mol. The Bertz CT molecular complexity index is 887.